The van der Waals surface area contributed by atoms with E-state index < -0.39 is 10.6 Å². The lowest BCUT2D eigenvalue weighted by atomic mass is 9.81. The van der Waals surface area contributed by atoms with Gasteiger partial charge in [0.1, 0.15) is 5.75 Å². The third-order valence-corrected chi connectivity index (χ3v) is 5.12. The standard InChI is InChI=1S/C15H19N3O4S/c1-9-13-11-8-10(18(19)20)4-5-12(11)22-15(9,2)17(6-7-21-3)14(23)16-13/h4-5,8-9,13H,6-7H2,1-3H3,(H,16,23). The van der Waals surface area contributed by atoms with Crippen molar-refractivity contribution in [1.82, 2.24) is 10.2 Å². The fourth-order valence-electron chi connectivity index (χ4n) is 3.30. The molecule has 0 radical (unpaired) electrons. The first kappa shape index (κ1) is 15.9. The first-order valence-corrected chi connectivity index (χ1v) is 7.83. The highest BCUT2D eigenvalue weighted by Gasteiger charge is 2.53. The Kier molecular flexibility index (Phi) is 3.89. The van der Waals surface area contributed by atoms with E-state index in [0.29, 0.717) is 24.0 Å². The number of nitrogens with zero attached hydrogens (tertiary/aromatic N) is 2. The Labute approximate surface area is 139 Å². The zero-order valence-corrected chi connectivity index (χ0v) is 14.1. The molecule has 2 bridgehead atoms. The summed E-state index contributed by atoms with van der Waals surface area (Å²) in [5, 5.41) is 14.9. The molecule has 1 N–H and O–H groups in total. The maximum absolute atomic E-state index is 11.0. The van der Waals surface area contributed by atoms with Gasteiger partial charge in [0.25, 0.3) is 5.69 Å². The van der Waals surface area contributed by atoms with E-state index in [0.717, 1.165) is 5.56 Å². The Morgan fingerprint density at radius 3 is 2.96 bits per heavy atom. The second-order valence-electron chi connectivity index (χ2n) is 6.00. The number of benzene rings is 1. The van der Waals surface area contributed by atoms with Crippen LogP contribution >= 0.6 is 12.2 Å². The number of rotatable bonds is 4. The summed E-state index contributed by atoms with van der Waals surface area (Å²) in [5.74, 6) is 0.708. The number of hydrogen-bond donors (Lipinski definition) is 1. The van der Waals surface area contributed by atoms with Crippen molar-refractivity contribution in [1.29, 1.82) is 0 Å². The number of nitro groups is 1. The van der Waals surface area contributed by atoms with Gasteiger partial charge in [0.15, 0.2) is 10.8 Å². The van der Waals surface area contributed by atoms with Crippen molar-refractivity contribution in [2.75, 3.05) is 20.3 Å². The number of thiocarbonyl (C=S) groups is 1. The van der Waals surface area contributed by atoms with E-state index in [1.54, 1.807) is 19.2 Å². The largest absolute Gasteiger partial charge is 0.467 e. The second kappa shape index (κ2) is 5.61. The summed E-state index contributed by atoms with van der Waals surface area (Å²) in [6.45, 7) is 5.20. The van der Waals surface area contributed by atoms with E-state index in [-0.39, 0.29) is 17.6 Å². The van der Waals surface area contributed by atoms with Gasteiger partial charge in [0.05, 0.1) is 17.6 Å². The predicted molar refractivity (Wildman–Crippen MR) is 88.4 cm³/mol. The molecule has 2 aliphatic rings. The van der Waals surface area contributed by atoms with Crippen molar-refractivity contribution in [2.24, 2.45) is 5.92 Å². The molecule has 0 saturated carbocycles. The van der Waals surface area contributed by atoms with Crippen molar-refractivity contribution in [3.8, 4) is 5.75 Å². The van der Waals surface area contributed by atoms with Gasteiger partial charge in [-0.2, -0.15) is 0 Å². The highest BCUT2D eigenvalue weighted by Crippen LogP contribution is 2.48. The van der Waals surface area contributed by atoms with E-state index in [2.05, 4.69) is 12.2 Å². The van der Waals surface area contributed by atoms with E-state index >= 15 is 0 Å². The summed E-state index contributed by atoms with van der Waals surface area (Å²) in [5.41, 5.74) is 0.213. The molecule has 0 spiro atoms. The molecule has 8 heteroatoms. The number of ether oxygens (including phenoxy) is 2. The quantitative estimate of drug-likeness (QED) is 0.513. The van der Waals surface area contributed by atoms with Crippen LogP contribution in [0.15, 0.2) is 18.2 Å². The monoisotopic (exact) mass is 337 g/mol. The molecular weight excluding hydrogens is 318 g/mol. The number of non-ortho nitro benzene ring substituents is 1. The normalized spacial score (nSPS) is 28.7. The third-order valence-electron chi connectivity index (χ3n) is 4.78. The molecule has 0 amide bonds. The van der Waals surface area contributed by atoms with E-state index in [4.69, 9.17) is 21.7 Å². The topological polar surface area (TPSA) is 76.9 Å². The molecule has 1 saturated heterocycles. The summed E-state index contributed by atoms with van der Waals surface area (Å²) >= 11 is 5.48. The average molecular weight is 337 g/mol. The molecule has 7 nitrogen and oxygen atoms in total. The minimum atomic E-state index is -0.616. The van der Waals surface area contributed by atoms with Gasteiger partial charge in [-0.05, 0) is 25.2 Å². The molecule has 1 aromatic rings. The lowest BCUT2D eigenvalue weighted by Gasteiger charge is -2.56. The van der Waals surface area contributed by atoms with Gasteiger partial charge >= 0.3 is 0 Å². The van der Waals surface area contributed by atoms with Crippen LogP contribution in [0.25, 0.3) is 0 Å². The van der Waals surface area contributed by atoms with Crippen LogP contribution in [0.2, 0.25) is 0 Å². The van der Waals surface area contributed by atoms with Crippen LogP contribution < -0.4 is 10.1 Å². The number of fused-ring (bicyclic) bond motifs is 4. The highest BCUT2D eigenvalue weighted by molar-refractivity contribution is 7.80. The minimum Gasteiger partial charge on any atom is -0.467 e. The number of hydrogen-bond acceptors (Lipinski definition) is 5. The van der Waals surface area contributed by atoms with Crippen molar-refractivity contribution in [3.63, 3.8) is 0 Å². The van der Waals surface area contributed by atoms with Gasteiger partial charge in [-0.15, -0.1) is 0 Å². The molecule has 3 unspecified atom stereocenters. The van der Waals surface area contributed by atoms with Crippen molar-refractivity contribution >= 4 is 23.0 Å². The van der Waals surface area contributed by atoms with Crippen LogP contribution in [0, 0.1) is 16.0 Å². The molecule has 124 valence electrons. The Balaban J connectivity index is 2.03. The van der Waals surface area contributed by atoms with E-state index in [1.165, 1.54) is 6.07 Å². The Morgan fingerprint density at radius 2 is 2.30 bits per heavy atom. The van der Waals surface area contributed by atoms with Gasteiger partial charge in [0, 0.05) is 37.3 Å². The maximum Gasteiger partial charge on any atom is 0.270 e. The summed E-state index contributed by atoms with van der Waals surface area (Å²) in [4.78, 5) is 12.6. The molecule has 3 atom stereocenters. The zero-order valence-electron chi connectivity index (χ0n) is 13.2. The minimum absolute atomic E-state index is 0.0534. The van der Waals surface area contributed by atoms with Crippen LogP contribution in [-0.2, 0) is 4.74 Å². The molecule has 2 heterocycles. The van der Waals surface area contributed by atoms with Crippen LogP contribution in [0.5, 0.6) is 5.75 Å². The van der Waals surface area contributed by atoms with Gasteiger partial charge in [-0.1, -0.05) is 6.92 Å². The molecule has 1 fully saturated rings. The maximum atomic E-state index is 11.0. The van der Waals surface area contributed by atoms with Crippen LogP contribution in [-0.4, -0.2) is 40.9 Å². The summed E-state index contributed by atoms with van der Waals surface area (Å²) < 4.78 is 11.4. The van der Waals surface area contributed by atoms with Crippen molar-refractivity contribution in [3.05, 3.63) is 33.9 Å². The van der Waals surface area contributed by atoms with Crippen molar-refractivity contribution < 1.29 is 14.4 Å². The fraction of sp³-hybridized carbons (Fsp3) is 0.533. The number of nitrogens with one attached hydrogen (secondary N) is 1. The SMILES string of the molecule is COCCN1C(=S)NC2c3cc([N+](=O)[O-])ccc3OC1(C)C2C. The predicted octanol–water partition coefficient (Wildman–Crippen LogP) is 2.22. The highest BCUT2D eigenvalue weighted by atomic mass is 32.1. The van der Waals surface area contributed by atoms with Crippen LogP contribution in [0.4, 0.5) is 5.69 Å². The first-order valence-electron chi connectivity index (χ1n) is 7.43. The van der Waals surface area contributed by atoms with Gasteiger partial charge in [-0.3, -0.25) is 10.1 Å². The number of nitro benzene ring substituents is 1. The Hall–Kier alpha value is -1.93. The Bertz CT molecular complexity index is 668. The number of methoxy groups -OCH3 is 1. The molecule has 0 aromatic heterocycles. The van der Waals surface area contributed by atoms with Gasteiger partial charge in [0.2, 0.25) is 0 Å². The van der Waals surface area contributed by atoms with Crippen molar-refractivity contribution in [2.45, 2.75) is 25.6 Å². The lowest BCUT2D eigenvalue weighted by Crippen LogP contribution is -2.69. The zero-order chi connectivity index (χ0) is 16.8. The Morgan fingerprint density at radius 1 is 1.57 bits per heavy atom. The molecule has 3 rings (SSSR count). The molecule has 1 aromatic carbocycles. The summed E-state index contributed by atoms with van der Waals surface area (Å²) in [6.07, 6.45) is 0. The van der Waals surface area contributed by atoms with E-state index in [9.17, 15) is 10.1 Å². The molecule has 2 aliphatic heterocycles. The van der Waals surface area contributed by atoms with Crippen LogP contribution in [0.3, 0.4) is 0 Å². The smallest absolute Gasteiger partial charge is 0.270 e. The van der Waals surface area contributed by atoms with Crippen LogP contribution in [0.1, 0.15) is 25.5 Å². The molecular formula is C15H19N3O4S. The summed E-state index contributed by atoms with van der Waals surface area (Å²) in [6, 6.07) is 4.58. The molecule has 0 aliphatic carbocycles. The first-order chi connectivity index (χ1) is 10.9. The van der Waals surface area contributed by atoms with Gasteiger partial charge in [-0.25, -0.2) is 0 Å². The second-order valence-corrected chi connectivity index (χ2v) is 6.38. The lowest BCUT2D eigenvalue weighted by molar-refractivity contribution is -0.385. The average Bonchev–Trinajstić information content (AvgIpc) is 2.50. The van der Waals surface area contributed by atoms with E-state index in [1.807, 2.05) is 11.8 Å². The summed E-state index contributed by atoms with van der Waals surface area (Å²) in [7, 11) is 1.64. The fourth-order valence-corrected chi connectivity index (χ4v) is 3.70. The third kappa shape index (κ3) is 2.42. The van der Waals surface area contributed by atoms with Gasteiger partial charge < -0.3 is 19.7 Å². The molecule has 23 heavy (non-hydrogen) atoms.